The molecule has 0 bridgehead atoms. The van der Waals surface area contributed by atoms with Crippen molar-refractivity contribution in [2.45, 2.75) is 19.5 Å². The second kappa shape index (κ2) is 12.5. The number of carbonyl (C=O) groups is 2. The monoisotopic (exact) mass is 566 g/mol. The molecule has 218 valence electrons. The van der Waals surface area contributed by atoms with Gasteiger partial charge in [0.15, 0.2) is 0 Å². The molecule has 0 aliphatic carbocycles. The number of carbonyl (C=O) groups excluding carboxylic acids is 2. The van der Waals surface area contributed by atoms with Crippen LogP contribution in [0, 0.1) is 0 Å². The lowest BCUT2D eigenvalue weighted by molar-refractivity contribution is 0.0780. The van der Waals surface area contributed by atoms with Crippen molar-refractivity contribution < 1.29 is 19.1 Å². The SMILES string of the molecule is COc1ccccc1-c1ccc(C(=O)N2Cc3ccc(C(=O)N(C)CCCN(C)C)n3Cc3ccccc32)cc1OC. The number of para-hydroxylation sites is 2. The first-order valence-corrected chi connectivity index (χ1v) is 14.1. The molecule has 2 heterocycles. The number of hydrogen-bond donors (Lipinski definition) is 0. The third-order valence-electron chi connectivity index (χ3n) is 7.76. The number of methoxy groups -OCH3 is 2. The van der Waals surface area contributed by atoms with Gasteiger partial charge in [-0.3, -0.25) is 9.59 Å². The molecule has 1 aliphatic heterocycles. The Labute approximate surface area is 247 Å². The number of fused-ring (bicyclic) bond motifs is 2. The molecule has 0 N–H and O–H groups in total. The fraction of sp³-hybridized carbons (Fsp3) is 0.294. The van der Waals surface area contributed by atoms with Crippen molar-refractivity contribution in [2.75, 3.05) is 53.4 Å². The van der Waals surface area contributed by atoms with E-state index in [9.17, 15) is 9.59 Å². The fourth-order valence-corrected chi connectivity index (χ4v) is 5.52. The highest BCUT2D eigenvalue weighted by atomic mass is 16.5. The molecular formula is C34H38N4O4. The highest BCUT2D eigenvalue weighted by Crippen LogP contribution is 2.38. The summed E-state index contributed by atoms with van der Waals surface area (Å²) < 4.78 is 13.3. The standard InChI is InChI=1S/C34H38N4O4/c1-35(2)19-10-20-36(3)34(40)30-18-16-26-23-38(29-13-8-6-11-25(29)22-37(26)30)33(39)24-15-17-28(32(21-24)42-5)27-12-7-9-14-31(27)41-4/h6-9,11-18,21H,10,19-20,22-23H2,1-5H3. The predicted molar refractivity (Wildman–Crippen MR) is 166 cm³/mol. The predicted octanol–water partition coefficient (Wildman–Crippen LogP) is 5.40. The van der Waals surface area contributed by atoms with Gasteiger partial charge in [-0.1, -0.05) is 36.4 Å². The van der Waals surface area contributed by atoms with Gasteiger partial charge in [-0.2, -0.15) is 0 Å². The van der Waals surface area contributed by atoms with Crippen molar-refractivity contribution in [3.8, 4) is 22.6 Å². The van der Waals surface area contributed by atoms with E-state index < -0.39 is 0 Å². The molecule has 0 saturated carbocycles. The molecule has 42 heavy (non-hydrogen) atoms. The van der Waals surface area contributed by atoms with Gasteiger partial charge >= 0.3 is 0 Å². The van der Waals surface area contributed by atoms with Crippen molar-refractivity contribution in [1.82, 2.24) is 14.4 Å². The topological polar surface area (TPSA) is 67.2 Å². The van der Waals surface area contributed by atoms with Crippen LogP contribution in [0.1, 0.15) is 38.5 Å². The fourth-order valence-electron chi connectivity index (χ4n) is 5.52. The van der Waals surface area contributed by atoms with E-state index in [1.165, 1.54) is 0 Å². The van der Waals surface area contributed by atoms with Crippen LogP contribution in [-0.4, -0.2) is 74.6 Å². The van der Waals surface area contributed by atoms with Crippen LogP contribution in [0.25, 0.3) is 11.1 Å². The maximum Gasteiger partial charge on any atom is 0.270 e. The summed E-state index contributed by atoms with van der Waals surface area (Å²) in [5.41, 5.74) is 5.58. The second-order valence-corrected chi connectivity index (χ2v) is 10.8. The van der Waals surface area contributed by atoms with Crippen LogP contribution in [0.15, 0.2) is 78.9 Å². The van der Waals surface area contributed by atoms with E-state index in [2.05, 4.69) is 4.90 Å². The third kappa shape index (κ3) is 5.76. The smallest absolute Gasteiger partial charge is 0.270 e. The molecule has 5 rings (SSSR count). The normalized spacial score (nSPS) is 12.4. The van der Waals surface area contributed by atoms with Gasteiger partial charge in [0.2, 0.25) is 0 Å². The Balaban J connectivity index is 1.47. The van der Waals surface area contributed by atoms with Crippen molar-refractivity contribution in [1.29, 1.82) is 0 Å². The molecule has 0 radical (unpaired) electrons. The maximum atomic E-state index is 14.1. The van der Waals surface area contributed by atoms with Gasteiger partial charge in [-0.05, 0) is 75.1 Å². The van der Waals surface area contributed by atoms with Gasteiger partial charge in [-0.15, -0.1) is 0 Å². The highest BCUT2D eigenvalue weighted by molar-refractivity contribution is 6.07. The average Bonchev–Trinajstić information content (AvgIpc) is 3.32. The molecular weight excluding hydrogens is 528 g/mol. The lowest BCUT2D eigenvalue weighted by Crippen LogP contribution is -2.32. The van der Waals surface area contributed by atoms with E-state index in [1.807, 2.05) is 98.5 Å². The Morgan fingerprint density at radius 1 is 0.786 bits per heavy atom. The van der Waals surface area contributed by atoms with Gasteiger partial charge in [0, 0.05) is 41.7 Å². The van der Waals surface area contributed by atoms with E-state index in [1.54, 1.807) is 30.1 Å². The quantitative estimate of drug-likeness (QED) is 0.271. The molecule has 1 aliphatic rings. The van der Waals surface area contributed by atoms with Crippen LogP contribution in [0.3, 0.4) is 0 Å². The van der Waals surface area contributed by atoms with E-state index in [0.717, 1.165) is 46.8 Å². The Bertz CT molecular complexity index is 1590. The first-order valence-electron chi connectivity index (χ1n) is 14.1. The number of amides is 2. The molecule has 0 fully saturated rings. The molecule has 0 atom stereocenters. The molecule has 3 aromatic carbocycles. The van der Waals surface area contributed by atoms with Crippen molar-refractivity contribution in [2.24, 2.45) is 0 Å². The average molecular weight is 567 g/mol. The van der Waals surface area contributed by atoms with E-state index in [0.29, 0.717) is 36.6 Å². The summed E-state index contributed by atoms with van der Waals surface area (Å²) in [6.07, 6.45) is 0.896. The third-order valence-corrected chi connectivity index (χ3v) is 7.76. The first-order chi connectivity index (χ1) is 20.3. The summed E-state index contributed by atoms with van der Waals surface area (Å²) in [7, 11) is 9.15. The van der Waals surface area contributed by atoms with Crippen LogP contribution in [0.2, 0.25) is 0 Å². The van der Waals surface area contributed by atoms with Gasteiger partial charge in [0.05, 0.1) is 27.3 Å². The van der Waals surface area contributed by atoms with Crippen LogP contribution >= 0.6 is 0 Å². The Kier molecular flexibility index (Phi) is 8.64. The van der Waals surface area contributed by atoms with Crippen LogP contribution < -0.4 is 14.4 Å². The lowest BCUT2D eigenvalue weighted by Gasteiger charge is -2.23. The van der Waals surface area contributed by atoms with Crippen LogP contribution in [-0.2, 0) is 13.1 Å². The number of rotatable bonds is 9. The number of hydrogen-bond acceptors (Lipinski definition) is 5. The summed E-state index contributed by atoms with van der Waals surface area (Å²) in [6.45, 7) is 2.43. The minimum atomic E-state index is -0.143. The Morgan fingerprint density at radius 3 is 2.26 bits per heavy atom. The van der Waals surface area contributed by atoms with Gasteiger partial charge in [0.25, 0.3) is 11.8 Å². The van der Waals surface area contributed by atoms with Gasteiger partial charge in [0.1, 0.15) is 17.2 Å². The zero-order chi connectivity index (χ0) is 29.8. The number of anilines is 1. The number of nitrogens with zero attached hydrogens (tertiary/aromatic N) is 4. The zero-order valence-electron chi connectivity index (χ0n) is 25.0. The number of benzene rings is 3. The molecule has 0 spiro atoms. The second-order valence-electron chi connectivity index (χ2n) is 10.8. The molecule has 2 amide bonds. The van der Waals surface area contributed by atoms with Crippen molar-refractivity contribution >= 4 is 17.5 Å². The van der Waals surface area contributed by atoms with Crippen LogP contribution in [0.5, 0.6) is 11.5 Å². The minimum absolute atomic E-state index is 0.0195. The van der Waals surface area contributed by atoms with Crippen LogP contribution in [0.4, 0.5) is 5.69 Å². The number of ether oxygens (including phenoxy) is 2. The minimum Gasteiger partial charge on any atom is -0.496 e. The summed E-state index contributed by atoms with van der Waals surface area (Å²) in [5.74, 6) is 1.15. The van der Waals surface area contributed by atoms with Gasteiger partial charge < -0.3 is 28.7 Å². The lowest BCUT2D eigenvalue weighted by atomic mass is 10.0. The van der Waals surface area contributed by atoms with Crippen molar-refractivity contribution in [3.05, 3.63) is 101 Å². The molecule has 0 saturated heterocycles. The molecule has 8 heteroatoms. The number of aromatic nitrogens is 1. The van der Waals surface area contributed by atoms with Gasteiger partial charge in [-0.25, -0.2) is 0 Å². The zero-order valence-corrected chi connectivity index (χ0v) is 25.0. The molecule has 8 nitrogen and oxygen atoms in total. The maximum absolute atomic E-state index is 14.1. The summed E-state index contributed by atoms with van der Waals surface area (Å²) >= 11 is 0. The molecule has 0 unspecified atom stereocenters. The summed E-state index contributed by atoms with van der Waals surface area (Å²) in [6, 6.07) is 25.0. The van der Waals surface area contributed by atoms with E-state index >= 15 is 0 Å². The highest BCUT2D eigenvalue weighted by Gasteiger charge is 2.28. The van der Waals surface area contributed by atoms with E-state index in [4.69, 9.17) is 9.47 Å². The summed E-state index contributed by atoms with van der Waals surface area (Å²) in [5, 5.41) is 0. The molecule has 1 aromatic heterocycles. The molecule has 4 aromatic rings. The summed E-state index contributed by atoms with van der Waals surface area (Å²) in [4.78, 5) is 33.3. The van der Waals surface area contributed by atoms with E-state index in [-0.39, 0.29) is 11.8 Å². The largest absolute Gasteiger partial charge is 0.496 e. The Morgan fingerprint density at radius 2 is 1.50 bits per heavy atom. The van der Waals surface area contributed by atoms with Crippen molar-refractivity contribution in [3.63, 3.8) is 0 Å². The first kappa shape index (κ1) is 29.0. The Hall–Kier alpha value is -4.56.